The predicted molar refractivity (Wildman–Crippen MR) is 137 cm³/mol. The Labute approximate surface area is 212 Å². The number of hydrogen-bond acceptors (Lipinski definition) is 4. The molecule has 0 radical (unpaired) electrons. The number of hydrogen-bond donors (Lipinski definition) is 1. The first-order chi connectivity index (χ1) is 17.1. The van der Waals surface area contributed by atoms with E-state index in [2.05, 4.69) is 5.32 Å². The Morgan fingerprint density at radius 1 is 0.944 bits per heavy atom. The number of carbonyl (C=O) groups is 2. The molecule has 0 fully saturated rings. The molecule has 0 aliphatic rings. The van der Waals surface area contributed by atoms with Gasteiger partial charge in [0.05, 0.1) is 11.9 Å². The fourth-order valence-corrected chi connectivity index (χ4v) is 4.79. The Morgan fingerprint density at radius 2 is 1.53 bits per heavy atom. The summed E-state index contributed by atoms with van der Waals surface area (Å²) in [6.07, 6.45) is 3.35. The minimum atomic E-state index is -3.66. The van der Waals surface area contributed by atoms with Crippen LogP contribution in [-0.2, 0) is 26.2 Å². The van der Waals surface area contributed by atoms with Gasteiger partial charge in [-0.25, -0.2) is 17.2 Å². The maximum Gasteiger partial charge on any atom is 0.242 e. The molecular formula is C26H35F2N3O4S. The van der Waals surface area contributed by atoms with Gasteiger partial charge in [0, 0.05) is 26.1 Å². The summed E-state index contributed by atoms with van der Waals surface area (Å²) in [4.78, 5) is 27.7. The Morgan fingerprint density at radius 3 is 2.06 bits per heavy atom. The van der Waals surface area contributed by atoms with E-state index in [4.69, 9.17) is 0 Å². The zero-order valence-corrected chi connectivity index (χ0v) is 21.9. The second-order valence-electron chi connectivity index (χ2n) is 8.63. The minimum Gasteiger partial charge on any atom is -0.354 e. The summed E-state index contributed by atoms with van der Waals surface area (Å²) < 4.78 is 52.4. The van der Waals surface area contributed by atoms with Gasteiger partial charge in [0.15, 0.2) is 0 Å². The first-order valence-corrected chi connectivity index (χ1v) is 14.0. The summed E-state index contributed by atoms with van der Waals surface area (Å²) in [5, 5.41) is 2.87. The van der Waals surface area contributed by atoms with E-state index in [0.717, 1.165) is 23.4 Å². The van der Waals surface area contributed by atoms with Crippen molar-refractivity contribution in [3.05, 3.63) is 65.7 Å². The van der Waals surface area contributed by atoms with E-state index in [1.165, 1.54) is 41.3 Å². The molecular weight excluding hydrogens is 488 g/mol. The van der Waals surface area contributed by atoms with Crippen LogP contribution in [0.3, 0.4) is 0 Å². The SMILES string of the molecule is CCCCNC(=O)[C@@H](CC)N(Cc1ccc(F)cc1)C(=O)CCCN(c1ccc(F)cc1)S(C)(=O)=O. The first-order valence-electron chi connectivity index (χ1n) is 12.1. The van der Waals surface area contributed by atoms with Gasteiger partial charge in [-0.15, -0.1) is 0 Å². The molecule has 0 heterocycles. The van der Waals surface area contributed by atoms with Crippen molar-refractivity contribution in [1.82, 2.24) is 10.2 Å². The van der Waals surface area contributed by atoms with E-state index in [1.54, 1.807) is 12.1 Å². The fraction of sp³-hybridized carbons (Fsp3) is 0.462. The van der Waals surface area contributed by atoms with Crippen molar-refractivity contribution in [2.24, 2.45) is 0 Å². The van der Waals surface area contributed by atoms with Crippen LogP contribution >= 0.6 is 0 Å². The number of nitrogens with zero attached hydrogens (tertiary/aromatic N) is 2. The molecule has 0 aliphatic carbocycles. The quantitative estimate of drug-likeness (QED) is 0.376. The van der Waals surface area contributed by atoms with Crippen molar-refractivity contribution >= 4 is 27.5 Å². The number of nitrogens with one attached hydrogen (secondary N) is 1. The van der Waals surface area contributed by atoms with Crippen molar-refractivity contribution in [2.45, 2.75) is 58.5 Å². The normalized spacial score (nSPS) is 12.1. The smallest absolute Gasteiger partial charge is 0.242 e. The van der Waals surface area contributed by atoms with Crippen molar-refractivity contribution in [3.8, 4) is 0 Å². The Kier molecular flexibility index (Phi) is 11.3. The third-order valence-corrected chi connectivity index (χ3v) is 6.94. The van der Waals surface area contributed by atoms with Crippen molar-refractivity contribution in [2.75, 3.05) is 23.7 Å². The third-order valence-electron chi connectivity index (χ3n) is 5.75. The van der Waals surface area contributed by atoms with E-state index in [0.29, 0.717) is 24.2 Å². The zero-order chi connectivity index (χ0) is 26.7. The second kappa shape index (κ2) is 13.9. The summed E-state index contributed by atoms with van der Waals surface area (Å²) in [6, 6.07) is 10.1. The summed E-state index contributed by atoms with van der Waals surface area (Å²) in [5.74, 6) is -1.46. The van der Waals surface area contributed by atoms with E-state index in [-0.39, 0.29) is 37.7 Å². The molecule has 0 saturated carbocycles. The zero-order valence-electron chi connectivity index (χ0n) is 21.0. The second-order valence-corrected chi connectivity index (χ2v) is 10.5. The molecule has 1 atom stereocenters. The maximum atomic E-state index is 13.4. The molecule has 2 amide bonds. The van der Waals surface area contributed by atoms with Crippen LogP contribution in [0.15, 0.2) is 48.5 Å². The van der Waals surface area contributed by atoms with Crippen LogP contribution in [0.4, 0.5) is 14.5 Å². The molecule has 1 N–H and O–H groups in total. The highest BCUT2D eigenvalue weighted by Crippen LogP contribution is 2.20. The van der Waals surface area contributed by atoms with Gasteiger partial charge in [0.2, 0.25) is 21.8 Å². The van der Waals surface area contributed by atoms with Gasteiger partial charge in [0.25, 0.3) is 0 Å². The number of carbonyl (C=O) groups excluding carboxylic acids is 2. The van der Waals surface area contributed by atoms with Crippen molar-refractivity contribution < 1.29 is 26.8 Å². The highest BCUT2D eigenvalue weighted by molar-refractivity contribution is 7.92. The number of unbranched alkanes of at least 4 members (excludes halogenated alkanes) is 1. The van der Waals surface area contributed by atoms with Crippen LogP contribution in [0.25, 0.3) is 0 Å². The van der Waals surface area contributed by atoms with E-state index in [1.807, 2.05) is 13.8 Å². The Bertz CT molecular complexity index is 1090. The standard InChI is InChI=1S/C26H35F2N3O4S/c1-4-6-17-29-26(33)24(5-2)30(19-20-9-11-21(27)12-10-20)25(32)8-7-18-31(36(3,34)35)23-15-13-22(28)14-16-23/h9-16,24H,4-8,17-19H2,1-3H3,(H,29,33)/t24-/m1/s1. The summed E-state index contributed by atoms with van der Waals surface area (Å²) in [5.41, 5.74) is 0.977. The van der Waals surface area contributed by atoms with Crippen LogP contribution < -0.4 is 9.62 Å². The largest absolute Gasteiger partial charge is 0.354 e. The monoisotopic (exact) mass is 523 g/mol. The van der Waals surface area contributed by atoms with E-state index in [9.17, 15) is 26.8 Å². The topological polar surface area (TPSA) is 86.8 Å². The lowest BCUT2D eigenvalue weighted by molar-refractivity contribution is -0.141. The average Bonchev–Trinajstić information content (AvgIpc) is 2.83. The van der Waals surface area contributed by atoms with Gasteiger partial charge < -0.3 is 10.2 Å². The van der Waals surface area contributed by atoms with E-state index < -0.39 is 27.7 Å². The molecule has 0 bridgehead atoms. The summed E-state index contributed by atoms with van der Waals surface area (Å²) >= 11 is 0. The molecule has 10 heteroatoms. The molecule has 7 nitrogen and oxygen atoms in total. The van der Waals surface area contributed by atoms with Crippen LogP contribution in [0.1, 0.15) is 51.5 Å². The summed E-state index contributed by atoms with van der Waals surface area (Å²) in [7, 11) is -3.66. The lowest BCUT2D eigenvalue weighted by atomic mass is 10.1. The number of sulfonamides is 1. The molecule has 2 aromatic carbocycles. The minimum absolute atomic E-state index is 0.00680. The molecule has 0 saturated heterocycles. The number of halogens is 2. The summed E-state index contributed by atoms with van der Waals surface area (Å²) in [6.45, 7) is 4.46. The molecule has 2 rings (SSSR count). The third kappa shape index (κ3) is 8.89. The number of benzene rings is 2. The average molecular weight is 524 g/mol. The Balaban J connectivity index is 2.18. The van der Waals surface area contributed by atoms with Crippen LogP contribution in [0, 0.1) is 11.6 Å². The number of amides is 2. The first kappa shape index (κ1) is 29.2. The molecule has 2 aromatic rings. The van der Waals surface area contributed by atoms with Gasteiger partial charge in [-0.3, -0.25) is 13.9 Å². The lowest BCUT2D eigenvalue weighted by Gasteiger charge is -2.31. The van der Waals surface area contributed by atoms with Gasteiger partial charge in [-0.1, -0.05) is 32.4 Å². The molecule has 0 unspecified atom stereocenters. The van der Waals surface area contributed by atoms with Crippen molar-refractivity contribution in [1.29, 1.82) is 0 Å². The fourth-order valence-electron chi connectivity index (χ4n) is 3.82. The molecule has 0 aromatic heterocycles. The highest BCUT2D eigenvalue weighted by atomic mass is 32.2. The lowest BCUT2D eigenvalue weighted by Crippen LogP contribution is -2.49. The van der Waals surface area contributed by atoms with Gasteiger partial charge in [0.1, 0.15) is 17.7 Å². The highest BCUT2D eigenvalue weighted by Gasteiger charge is 2.28. The maximum absolute atomic E-state index is 13.4. The Hall–Kier alpha value is -3.01. The van der Waals surface area contributed by atoms with Crippen LogP contribution in [0.5, 0.6) is 0 Å². The molecule has 0 aliphatic heterocycles. The van der Waals surface area contributed by atoms with Gasteiger partial charge in [-0.05, 0) is 61.2 Å². The van der Waals surface area contributed by atoms with Gasteiger partial charge >= 0.3 is 0 Å². The number of rotatable bonds is 14. The van der Waals surface area contributed by atoms with Crippen molar-refractivity contribution in [3.63, 3.8) is 0 Å². The molecule has 36 heavy (non-hydrogen) atoms. The van der Waals surface area contributed by atoms with Gasteiger partial charge in [-0.2, -0.15) is 0 Å². The van der Waals surface area contributed by atoms with E-state index >= 15 is 0 Å². The number of anilines is 1. The van der Waals surface area contributed by atoms with Crippen LogP contribution in [-0.4, -0.2) is 50.5 Å². The predicted octanol–water partition coefficient (Wildman–Crippen LogP) is 4.23. The molecule has 0 spiro atoms. The van der Waals surface area contributed by atoms with Crippen LogP contribution in [0.2, 0.25) is 0 Å². The molecule has 198 valence electrons.